The third-order valence-corrected chi connectivity index (χ3v) is 2.92. The second-order valence-corrected chi connectivity index (χ2v) is 4.39. The molecule has 0 atom stereocenters. The molecule has 0 radical (unpaired) electrons. The van der Waals surface area contributed by atoms with E-state index in [9.17, 15) is 13.2 Å². The van der Waals surface area contributed by atoms with E-state index in [0.717, 1.165) is 6.07 Å². The Morgan fingerprint density at radius 2 is 2.05 bits per heavy atom. The number of aromatic nitrogens is 1. The maximum atomic E-state index is 13.0. The zero-order valence-electron chi connectivity index (χ0n) is 11.4. The van der Waals surface area contributed by atoms with Crippen LogP contribution in [0.1, 0.15) is 11.1 Å². The minimum Gasteiger partial charge on any atom is -0.383 e. The van der Waals surface area contributed by atoms with Crippen molar-refractivity contribution in [2.75, 3.05) is 20.3 Å². The van der Waals surface area contributed by atoms with Gasteiger partial charge in [-0.15, -0.1) is 0 Å². The summed E-state index contributed by atoms with van der Waals surface area (Å²) in [6.45, 7) is 1.45. The average molecular weight is 300 g/mol. The van der Waals surface area contributed by atoms with Crippen LogP contribution in [-0.4, -0.2) is 25.4 Å². The molecule has 0 fully saturated rings. The third kappa shape index (κ3) is 3.83. The highest BCUT2D eigenvalue weighted by atomic mass is 19.4. The highest BCUT2D eigenvalue weighted by Gasteiger charge is 2.34. The maximum Gasteiger partial charge on any atom is 0.417 e. The van der Waals surface area contributed by atoms with Gasteiger partial charge in [-0.05, 0) is 6.07 Å². The van der Waals surface area contributed by atoms with Gasteiger partial charge in [0.15, 0.2) is 5.76 Å². The van der Waals surface area contributed by atoms with Crippen LogP contribution in [0.3, 0.4) is 0 Å². The van der Waals surface area contributed by atoms with Crippen LogP contribution in [-0.2, 0) is 17.5 Å². The number of halogens is 3. The molecule has 2 rings (SSSR count). The van der Waals surface area contributed by atoms with Crippen molar-refractivity contribution in [2.45, 2.75) is 12.7 Å². The van der Waals surface area contributed by atoms with Crippen molar-refractivity contribution in [1.82, 2.24) is 10.5 Å². The Hall–Kier alpha value is -1.86. The Morgan fingerprint density at radius 3 is 2.76 bits per heavy atom. The number of nitrogens with one attached hydrogen (secondary N) is 1. The molecule has 0 aliphatic rings. The number of ether oxygens (including phenoxy) is 1. The van der Waals surface area contributed by atoms with Crippen molar-refractivity contribution in [2.24, 2.45) is 0 Å². The van der Waals surface area contributed by atoms with Gasteiger partial charge in [-0.1, -0.05) is 23.4 Å². The molecular formula is C14H15F3N2O2. The van der Waals surface area contributed by atoms with E-state index in [4.69, 9.17) is 9.26 Å². The average Bonchev–Trinajstić information content (AvgIpc) is 2.91. The standard InChI is InChI=1S/C14H15F3N2O2/c1-20-7-6-18-8-10-9-19-21-13(10)11-4-2-3-5-12(11)14(15,16)17/h2-5,9,18H,6-8H2,1H3. The monoisotopic (exact) mass is 300 g/mol. The van der Waals surface area contributed by atoms with Gasteiger partial charge in [0.05, 0.1) is 18.4 Å². The summed E-state index contributed by atoms with van der Waals surface area (Å²) >= 11 is 0. The van der Waals surface area contributed by atoms with Crippen molar-refractivity contribution in [1.29, 1.82) is 0 Å². The number of alkyl halides is 3. The van der Waals surface area contributed by atoms with E-state index in [1.165, 1.54) is 24.4 Å². The summed E-state index contributed by atoms with van der Waals surface area (Å²) in [4.78, 5) is 0. The van der Waals surface area contributed by atoms with Crippen LogP contribution in [0.2, 0.25) is 0 Å². The predicted molar refractivity (Wildman–Crippen MR) is 70.5 cm³/mol. The molecule has 4 nitrogen and oxygen atoms in total. The molecule has 1 aromatic carbocycles. The minimum atomic E-state index is -4.44. The second-order valence-electron chi connectivity index (χ2n) is 4.39. The molecule has 2 aromatic rings. The second kappa shape index (κ2) is 6.73. The predicted octanol–water partition coefficient (Wildman–Crippen LogP) is 3.10. The molecule has 0 amide bonds. The van der Waals surface area contributed by atoms with E-state index >= 15 is 0 Å². The molecule has 0 saturated heterocycles. The van der Waals surface area contributed by atoms with Crippen LogP contribution in [0.25, 0.3) is 11.3 Å². The van der Waals surface area contributed by atoms with Gasteiger partial charge in [0.1, 0.15) is 0 Å². The van der Waals surface area contributed by atoms with Gasteiger partial charge in [0.2, 0.25) is 0 Å². The molecule has 1 aromatic heterocycles. The topological polar surface area (TPSA) is 47.3 Å². The van der Waals surface area contributed by atoms with Crippen LogP contribution < -0.4 is 5.32 Å². The quantitative estimate of drug-likeness (QED) is 0.833. The van der Waals surface area contributed by atoms with Gasteiger partial charge in [0, 0.05) is 31.3 Å². The van der Waals surface area contributed by atoms with Gasteiger partial charge < -0.3 is 14.6 Å². The first-order valence-corrected chi connectivity index (χ1v) is 6.34. The van der Waals surface area contributed by atoms with Crippen molar-refractivity contribution in [3.63, 3.8) is 0 Å². The summed E-state index contributed by atoms with van der Waals surface area (Å²) in [5.41, 5.74) is -0.172. The first-order valence-electron chi connectivity index (χ1n) is 6.34. The lowest BCUT2D eigenvalue weighted by atomic mass is 10.0. The Kier molecular flexibility index (Phi) is 4.98. The number of hydrogen-bond acceptors (Lipinski definition) is 4. The molecular weight excluding hydrogens is 285 g/mol. The molecule has 21 heavy (non-hydrogen) atoms. The third-order valence-electron chi connectivity index (χ3n) is 2.92. The highest BCUT2D eigenvalue weighted by molar-refractivity contribution is 5.65. The van der Waals surface area contributed by atoms with E-state index < -0.39 is 11.7 Å². The van der Waals surface area contributed by atoms with Gasteiger partial charge in [-0.25, -0.2) is 0 Å². The molecule has 0 spiro atoms. The van der Waals surface area contributed by atoms with E-state index in [0.29, 0.717) is 25.3 Å². The summed E-state index contributed by atoms with van der Waals surface area (Å²) < 4.78 is 49.0. The van der Waals surface area contributed by atoms with Crippen molar-refractivity contribution in [3.05, 3.63) is 41.6 Å². The molecule has 0 aliphatic carbocycles. The summed E-state index contributed by atoms with van der Waals surface area (Å²) in [5.74, 6) is 0.132. The first kappa shape index (κ1) is 15.5. The number of methoxy groups -OCH3 is 1. The SMILES string of the molecule is COCCNCc1cnoc1-c1ccccc1C(F)(F)F. The minimum absolute atomic E-state index is 0.00829. The summed E-state index contributed by atoms with van der Waals surface area (Å²) in [5, 5.41) is 6.66. The number of rotatable bonds is 6. The molecule has 7 heteroatoms. The molecule has 0 bridgehead atoms. The summed E-state index contributed by atoms with van der Waals surface area (Å²) in [7, 11) is 1.58. The largest absolute Gasteiger partial charge is 0.417 e. The number of nitrogens with zero attached hydrogens (tertiary/aromatic N) is 1. The number of benzene rings is 1. The highest BCUT2D eigenvalue weighted by Crippen LogP contribution is 2.37. The van der Waals surface area contributed by atoms with E-state index in [-0.39, 0.29) is 11.3 Å². The Bertz CT molecular complexity index is 582. The van der Waals surface area contributed by atoms with Crippen molar-refractivity contribution >= 4 is 0 Å². The Morgan fingerprint density at radius 1 is 1.29 bits per heavy atom. The van der Waals surface area contributed by atoms with Gasteiger partial charge in [0.25, 0.3) is 0 Å². The molecule has 0 saturated carbocycles. The zero-order chi connectivity index (χ0) is 15.3. The maximum absolute atomic E-state index is 13.0. The fourth-order valence-corrected chi connectivity index (χ4v) is 1.93. The lowest BCUT2D eigenvalue weighted by molar-refractivity contribution is -0.137. The fraction of sp³-hybridized carbons (Fsp3) is 0.357. The van der Waals surface area contributed by atoms with Gasteiger partial charge >= 0.3 is 6.18 Å². The number of hydrogen-bond donors (Lipinski definition) is 1. The first-order chi connectivity index (χ1) is 10.0. The summed E-state index contributed by atoms with van der Waals surface area (Å²) in [6, 6.07) is 5.29. The zero-order valence-corrected chi connectivity index (χ0v) is 11.4. The Balaban J connectivity index is 2.25. The van der Waals surface area contributed by atoms with Crippen LogP contribution in [0, 0.1) is 0 Å². The lowest BCUT2D eigenvalue weighted by Gasteiger charge is -2.11. The molecule has 1 N–H and O–H groups in total. The fourth-order valence-electron chi connectivity index (χ4n) is 1.93. The molecule has 114 valence electrons. The van der Waals surface area contributed by atoms with E-state index in [1.807, 2.05) is 0 Å². The molecule has 0 unspecified atom stereocenters. The van der Waals surface area contributed by atoms with Crippen molar-refractivity contribution < 1.29 is 22.4 Å². The molecule has 1 heterocycles. The lowest BCUT2D eigenvalue weighted by Crippen LogP contribution is -2.18. The Labute approximate surface area is 119 Å². The molecule has 0 aliphatic heterocycles. The van der Waals surface area contributed by atoms with E-state index in [1.54, 1.807) is 7.11 Å². The van der Waals surface area contributed by atoms with Gasteiger partial charge in [-0.3, -0.25) is 0 Å². The van der Waals surface area contributed by atoms with Crippen LogP contribution in [0.4, 0.5) is 13.2 Å². The normalized spacial score (nSPS) is 11.8. The van der Waals surface area contributed by atoms with Crippen LogP contribution >= 0.6 is 0 Å². The van der Waals surface area contributed by atoms with E-state index in [2.05, 4.69) is 10.5 Å². The smallest absolute Gasteiger partial charge is 0.383 e. The van der Waals surface area contributed by atoms with Crippen LogP contribution in [0.15, 0.2) is 35.0 Å². The van der Waals surface area contributed by atoms with Crippen LogP contribution in [0.5, 0.6) is 0 Å². The summed E-state index contributed by atoms with van der Waals surface area (Å²) in [6.07, 6.45) is -3.02. The van der Waals surface area contributed by atoms with Crippen molar-refractivity contribution in [3.8, 4) is 11.3 Å². The van der Waals surface area contributed by atoms with Gasteiger partial charge in [-0.2, -0.15) is 13.2 Å².